The summed E-state index contributed by atoms with van der Waals surface area (Å²) in [6, 6.07) is 7.61. The van der Waals surface area contributed by atoms with Gasteiger partial charge in [-0.1, -0.05) is 65.2 Å². The zero-order valence-electron chi connectivity index (χ0n) is 29.2. The fourth-order valence-electron chi connectivity index (χ4n) is 9.20. The van der Waals surface area contributed by atoms with Crippen molar-refractivity contribution in [2.75, 3.05) is 0 Å². The summed E-state index contributed by atoms with van der Waals surface area (Å²) >= 11 is 0. The Balaban J connectivity index is 1.57. The molecule has 2 aromatic carbocycles. The predicted molar refractivity (Wildman–Crippen MR) is 196 cm³/mol. The van der Waals surface area contributed by atoms with E-state index < -0.39 is 56.0 Å². The molecule has 5 atom stereocenters. The Morgan fingerprint density at radius 2 is 1.49 bits per heavy atom. The molecule has 0 radical (unpaired) electrons. The zero-order valence-corrected chi connectivity index (χ0v) is 30.0. The highest BCUT2D eigenvalue weighted by Gasteiger charge is 2.70. The van der Waals surface area contributed by atoms with Gasteiger partial charge in [0.05, 0.1) is 16.5 Å². The number of hydrogen-bond donors (Lipinski definition) is 1. The minimum Gasteiger partial charge on any atom is -0.455 e. The molecule has 0 spiro atoms. The van der Waals surface area contributed by atoms with Crippen molar-refractivity contribution in [3.63, 3.8) is 0 Å². The summed E-state index contributed by atoms with van der Waals surface area (Å²) in [7, 11) is 5.60. The van der Waals surface area contributed by atoms with E-state index in [1.807, 2.05) is 65.3 Å². The van der Waals surface area contributed by atoms with Crippen molar-refractivity contribution in [1.29, 1.82) is 0 Å². The zero-order chi connectivity index (χ0) is 36.3. The van der Waals surface area contributed by atoms with Gasteiger partial charge in [-0.15, -0.1) is 0 Å². The molecular formula is C31H40B6F2O9S. The predicted octanol–water partition coefficient (Wildman–Crippen LogP) is -3.25. The summed E-state index contributed by atoms with van der Waals surface area (Å²) in [4.78, 5) is 42.2. The van der Waals surface area contributed by atoms with Gasteiger partial charge in [0.2, 0.25) is 0 Å². The molecule has 0 saturated heterocycles. The lowest BCUT2D eigenvalue weighted by Crippen LogP contribution is -2.67. The van der Waals surface area contributed by atoms with Crippen LogP contribution < -0.4 is 16.4 Å². The highest BCUT2D eigenvalue weighted by molar-refractivity contribution is 7.86. The molecule has 1 N–H and O–H groups in total. The average Bonchev–Trinajstić information content (AvgIpc) is 2.98. The molecule has 4 bridgehead atoms. The van der Waals surface area contributed by atoms with E-state index in [0.29, 0.717) is 49.9 Å². The van der Waals surface area contributed by atoms with Gasteiger partial charge >= 0.3 is 33.3 Å². The van der Waals surface area contributed by atoms with Crippen molar-refractivity contribution in [1.82, 2.24) is 0 Å². The second-order valence-electron chi connectivity index (χ2n) is 14.6. The summed E-state index contributed by atoms with van der Waals surface area (Å²) in [5, 5.41) is -4.77. The van der Waals surface area contributed by atoms with Gasteiger partial charge in [0.15, 0.2) is 6.10 Å². The smallest absolute Gasteiger partial charge is 0.405 e. The Labute approximate surface area is 291 Å². The fourth-order valence-corrected chi connectivity index (χ4v) is 9.67. The van der Waals surface area contributed by atoms with Crippen LogP contribution in [-0.2, 0) is 48.1 Å². The molecule has 6 rings (SSSR count). The van der Waals surface area contributed by atoms with E-state index in [1.165, 1.54) is 0 Å². The van der Waals surface area contributed by atoms with Crippen molar-refractivity contribution >= 4 is 91.5 Å². The van der Waals surface area contributed by atoms with Gasteiger partial charge in [-0.3, -0.25) is 9.35 Å². The Morgan fingerprint density at radius 3 is 2.04 bits per heavy atom. The normalized spacial score (nSPS) is 26.6. The third kappa shape index (κ3) is 6.64. The number of carbonyl (C=O) groups is 3. The monoisotopic (exact) mass is 692 g/mol. The second kappa shape index (κ2) is 13.0. The quantitative estimate of drug-likeness (QED) is 0.112. The maximum atomic E-state index is 14.6. The molecule has 9 nitrogen and oxygen atoms in total. The number of rotatable bonds is 11. The Morgan fingerprint density at radius 1 is 0.918 bits per heavy atom. The standard InChI is InChI=1S/C31H40B6F2O9S/c1-15(31(38,39)49(43,44)45)46-27(42)28-6-16-7-29(12-28,47-25(40)20-4-19(35)5-22(36)21(20)11-34)14-30(8-16,13-28)48-26(41)23-17(9-32)2-3-18(10-33)24(23)37/h2-5,15-16H,6-14,32-37H2,1H3,(H,43,44,45). The minimum atomic E-state index is -5.90. The summed E-state index contributed by atoms with van der Waals surface area (Å²) in [5.74, 6) is -2.60. The van der Waals surface area contributed by atoms with Gasteiger partial charge in [-0.05, 0) is 43.2 Å². The molecule has 256 valence electrons. The van der Waals surface area contributed by atoms with Crippen LogP contribution in [0.5, 0.6) is 0 Å². The number of carbonyl (C=O) groups excluding carboxylic acids is 3. The number of alkyl halides is 2. The topological polar surface area (TPSA) is 133 Å². The molecule has 18 heteroatoms. The number of halogens is 2. The molecule has 0 aromatic heterocycles. The van der Waals surface area contributed by atoms with Crippen LogP contribution in [0, 0.1) is 11.3 Å². The second-order valence-corrected chi connectivity index (χ2v) is 16.1. The molecule has 2 aromatic rings. The highest BCUT2D eigenvalue weighted by atomic mass is 32.2. The molecule has 4 saturated carbocycles. The third-order valence-corrected chi connectivity index (χ3v) is 12.0. The van der Waals surface area contributed by atoms with Gasteiger partial charge in [0.1, 0.15) is 58.3 Å². The maximum absolute atomic E-state index is 14.6. The molecule has 4 fully saturated rings. The lowest BCUT2D eigenvalue weighted by atomic mass is 9.46. The van der Waals surface area contributed by atoms with Crippen LogP contribution in [0.3, 0.4) is 0 Å². The van der Waals surface area contributed by atoms with Crippen molar-refractivity contribution < 1.29 is 50.3 Å². The van der Waals surface area contributed by atoms with Crippen LogP contribution in [-0.4, -0.2) is 101 Å². The third-order valence-electron chi connectivity index (χ3n) is 10.9. The lowest BCUT2D eigenvalue weighted by molar-refractivity contribution is -0.241. The minimum absolute atomic E-state index is 0.0811. The first-order valence-corrected chi connectivity index (χ1v) is 18.4. The Hall–Kier alpha value is -2.99. The van der Waals surface area contributed by atoms with Gasteiger partial charge in [0, 0.05) is 19.3 Å². The van der Waals surface area contributed by atoms with Crippen molar-refractivity contribution in [3.8, 4) is 0 Å². The van der Waals surface area contributed by atoms with E-state index in [1.54, 1.807) is 6.07 Å². The van der Waals surface area contributed by atoms with Crippen LogP contribution in [0.15, 0.2) is 24.3 Å². The lowest BCUT2D eigenvalue weighted by Gasteiger charge is -2.63. The molecule has 49 heavy (non-hydrogen) atoms. The van der Waals surface area contributed by atoms with E-state index in [9.17, 15) is 31.6 Å². The van der Waals surface area contributed by atoms with Crippen LogP contribution in [0.2, 0.25) is 0 Å². The summed E-state index contributed by atoms with van der Waals surface area (Å²) in [5.41, 5.74) is 1.85. The molecule has 4 aliphatic rings. The first kappa shape index (κ1) is 37.3. The number of ether oxygens (including phenoxy) is 3. The summed E-state index contributed by atoms with van der Waals surface area (Å²) in [6.45, 7) is 0.694. The number of hydrogen-bond acceptors (Lipinski definition) is 8. The summed E-state index contributed by atoms with van der Waals surface area (Å²) in [6.07, 6.45) is 0.156. The number of benzene rings is 2. The van der Waals surface area contributed by atoms with Crippen LogP contribution in [0.1, 0.15) is 82.9 Å². The molecule has 0 aliphatic heterocycles. The van der Waals surface area contributed by atoms with E-state index in [-0.39, 0.29) is 31.6 Å². The van der Waals surface area contributed by atoms with E-state index >= 15 is 0 Å². The SMILES string of the molecule is BCc1ccc(CB)c(C(=O)OC23CC4CC(OC(=O)c5cc(B)cc(B)c5CB)(C2)CC(C(=O)OC(C)C(F)(F)S(=O)(=O)O)(C4)C3)c1B. The van der Waals surface area contributed by atoms with Crippen molar-refractivity contribution in [2.45, 2.75) is 87.0 Å². The molecule has 5 unspecified atom stereocenters. The van der Waals surface area contributed by atoms with Crippen molar-refractivity contribution in [2.24, 2.45) is 11.3 Å². The largest absolute Gasteiger partial charge is 0.455 e. The van der Waals surface area contributed by atoms with Gasteiger partial charge in [0.25, 0.3) is 0 Å². The molecule has 0 heterocycles. The molecule has 4 aliphatic carbocycles. The maximum Gasteiger partial charge on any atom is 0.405 e. The summed E-state index contributed by atoms with van der Waals surface area (Å²) < 4.78 is 79.2. The first-order chi connectivity index (χ1) is 22.7. The van der Waals surface area contributed by atoms with Gasteiger partial charge in [-0.2, -0.15) is 17.2 Å². The van der Waals surface area contributed by atoms with E-state index in [0.717, 1.165) is 33.1 Å². The van der Waals surface area contributed by atoms with Crippen LogP contribution >= 0.6 is 0 Å². The highest BCUT2D eigenvalue weighted by Crippen LogP contribution is 2.66. The van der Waals surface area contributed by atoms with Gasteiger partial charge < -0.3 is 14.2 Å². The van der Waals surface area contributed by atoms with Gasteiger partial charge in [-0.25, -0.2) is 9.59 Å². The Kier molecular flexibility index (Phi) is 9.86. The fraction of sp³-hybridized carbons (Fsp3) is 0.516. The van der Waals surface area contributed by atoms with Crippen molar-refractivity contribution in [3.05, 3.63) is 52.1 Å². The molecular weight excluding hydrogens is 651 g/mol. The van der Waals surface area contributed by atoms with Crippen LogP contribution in [0.25, 0.3) is 0 Å². The van der Waals surface area contributed by atoms with E-state index in [4.69, 9.17) is 18.8 Å². The first-order valence-electron chi connectivity index (χ1n) is 17.0. The molecule has 0 amide bonds. The average molecular weight is 692 g/mol. The van der Waals surface area contributed by atoms with E-state index in [2.05, 4.69) is 0 Å². The Bertz CT molecular complexity index is 1830. The number of esters is 3. The van der Waals surface area contributed by atoms with Crippen LogP contribution in [0.4, 0.5) is 8.78 Å².